The van der Waals surface area contributed by atoms with Crippen molar-refractivity contribution in [1.82, 2.24) is 5.32 Å². The molecule has 3 aromatic rings. The molecule has 0 aliphatic rings. The van der Waals surface area contributed by atoms with Gasteiger partial charge < -0.3 is 29.6 Å². The Hall–Kier alpha value is -4.00. The number of sulfonamides is 1. The summed E-state index contributed by atoms with van der Waals surface area (Å²) in [6, 6.07) is 14.9. The predicted octanol–water partition coefficient (Wildman–Crippen LogP) is 3.97. The van der Waals surface area contributed by atoms with Crippen LogP contribution < -0.4 is 29.1 Å². The monoisotopic (exact) mass is 605 g/mol. The summed E-state index contributed by atoms with van der Waals surface area (Å²) in [6.45, 7) is 0.189. The molecule has 41 heavy (non-hydrogen) atoms. The Balaban J connectivity index is 1.98. The third-order valence-corrected chi connectivity index (χ3v) is 7.89. The fraction of sp³-hybridized carbons (Fsp3) is 0.286. The molecular formula is C28H32ClN3O8S. The van der Waals surface area contributed by atoms with E-state index >= 15 is 0 Å². The number of para-hydroxylation sites is 1. The first-order valence-electron chi connectivity index (χ1n) is 12.4. The van der Waals surface area contributed by atoms with Gasteiger partial charge >= 0.3 is 0 Å². The molecule has 0 atom stereocenters. The Bertz CT molecular complexity index is 1480. The van der Waals surface area contributed by atoms with E-state index in [9.17, 15) is 18.0 Å². The highest BCUT2D eigenvalue weighted by molar-refractivity contribution is 7.92. The lowest BCUT2D eigenvalue weighted by Gasteiger charge is -2.26. The summed E-state index contributed by atoms with van der Waals surface area (Å²) >= 11 is 6.22. The highest BCUT2D eigenvalue weighted by Gasteiger charge is 2.31. The zero-order valence-electron chi connectivity index (χ0n) is 23.1. The molecule has 0 unspecified atom stereocenters. The third kappa shape index (κ3) is 7.81. The molecule has 220 valence electrons. The number of anilines is 2. The molecule has 0 spiro atoms. The van der Waals surface area contributed by atoms with Crippen molar-refractivity contribution < 1.29 is 37.0 Å². The molecule has 0 fully saturated rings. The summed E-state index contributed by atoms with van der Waals surface area (Å²) in [5.41, 5.74) is 0.463. The second-order valence-corrected chi connectivity index (χ2v) is 10.8. The summed E-state index contributed by atoms with van der Waals surface area (Å²) in [6.07, 6.45) is 0.612. The number of ether oxygens (including phenoxy) is 4. The molecule has 0 saturated carbocycles. The van der Waals surface area contributed by atoms with E-state index in [0.29, 0.717) is 25.3 Å². The van der Waals surface area contributed by atoms with Gasteiger partial charge in [-0.1, -0.05) is 23.7 Å². The summed E-state index contributed by atoms with van der Waals surface area (Å²) in [5.74, 6) is -0.434. The molecule has 0 bridgehead atoms. The van der Waals surface area contributed by atoms with Crippen LogP contribution in [0.25, 0.3) is 0 Å². The molecule has 2 N–H and O–H groups in total. The lowest BCUT2D eigenvalue weighted by atomic mass is 10.1. The number of rotatable bonds is 14. The van der Waals surface area contributed by atoms with Crippen LogP contribution in [-0.4, -0.2) is 68.4 Å². The minimum absolute atomic E-state index is 0.0362. The van der Waals surface area contributed by atoms with Crippen molar-refractivity contribution in [1.29, 1.82) is 0 Å². The summed E-state index contributed by atoms with van der Waals surface area (Å²) in [5, 5.41) is 5.66. The third-order valence-electron chi connectivity index (χ3n) is 5.90. The number of nitrogens with one attached hydrogen (secondary N) is 2. The molecule has 11 nitrogen and oxygen atoms in total. The Morgan fingerprint density at radius 1 is 0.878 bits per heavy atom. The van der Waals surface area contributed by atoms with E-state index in [-0.39, 0.29) is 38.4 Å². The summed E-state index contributed by atoms with van der Waals surface area (Å²) < 4.78 is 49.8. The number of methoxy groups -OCH3 is 4. The molecule has 2 amide bonds. The van der Waals surface area contributed by atoms with E-state index in [1.807, 2.05) is 0 Å². The molecule has 0 aliphatic carbocycles. The van der Waals surface area contributed by atoms with Crippen molar-refractivity contribution in [2.45, 2.75) is 11.3 Å². The Labute approximate surface area is 244 Å². The van der Waals surface area contributed by atoms with Crippen molar-refractivity contribution in [3.05, 3.63) is 71.2 Å². The van der Waals surface area contributed by atoms with Crippen molar-refractivity contribution in [3.63, 3.8) is 0 Å². The van der Waals surface area contributed by atoms with E-state index in [1.54, 1.807) is 31.4 Å². The molecule has 0 aliphatic heterocycles. The van der Waals surface area contributed by atoms with E-state index in [1.165, 1.54) is 57.7 Å². The van der Waals surface area contributed by atoms with Crippen LogP contribution in [0.5, 0.6) is 17.2 Å². The smallest absolute Gasteiger partial charge is 0.265 e. The zero-order valence-corrected chi connectivity index (χ0v) is 24.7. The highest BCUT2D eigenvalue weighted by Crippen LogP contribution is 2.37. The van der Waals surface area contributed by atoms with Crippen molar-refractivity contribution >= 4 is 44.8 Å². The predicted molar refractivity (Wildman–Crippen MR) is 156 cm³/mol. The van der Waals surface area contributed by atoms with Gasteiger partial charge in [-0.15, -0.1) is 0 Å². The maximum atomic E-state index is 14.0. The lowest BCUT2D eigenvalue weighted by molar-refractivity contribution is -0.114. The maximum absolute atomic E-state index is 14.0. The zero-order chi connectivity index (χ0) is 30.0. The average Bonchev–Trinajstić information content (AvgIpc) is 2.97. The SMILES string of the molecule is COCCCNC(=O)c1ccccc1NC(=O)CN(c1cc(Cl)ccc1OC)S(=O)(=O)c1ccc(OC)c(OC)c1. The molecule has 0 radical (unpaired) electrons. The largest absolute Gasteiger partial charge is 0.495 e. The number of nitrogens with zero attached hydrogens (tertiary/aromatic N) is 1. The second-order valence-electron chi connectivity index (χ2n) is 8.54. The second kappa shape index (κ2) is 14.6. The topological polar surface area (TPSA) is 132 Å². The van der Waals surface area contributed by atoms with E-state index in [2.05, 4.69) is 10.6 Å². The van der Waals surface area contributed by atoms with Gasteiger partial charge in [-0.25, -0.2) is 8.42 Å². The molecule has 13 heteroatoms. The van der Waals surface area contributed by atoms with E-state index in [4.69, 9.17) is 30.5 Å². The van der Waals surface area contributed by atoms with Crippen molar-refractivity contribution in [3.8, 4) is 17.2 Å². The normalized spacial score (nSPS) is 11.0. The van der Waals surface area contributed by atoms with Crippen LogP contribution in [0.2, 0.25) is 5.02 Å². The number of amides is 2. The molecule has 3 rings (SSSR count). The van der Waals surface area contributed by atoms with E-state index in [0.717, 1.165) is 4.31 Å². The van der Waals surface area contributed by atoms with Gasteiger partial charge in [0.2, 0.25) is 5.91 Å². The molecule has 3 aromatic carbocycles. The van der Waals surface area contributed by atoms with Gasteiger partial charge in [0.1, 0.15) is 12.3 Å². The number of benzene rings is 3. The van der Waals surface area contributed by atoms with Gasteiger partial charge in [-0.2, -0.15) is 0 Å². The number of carbonyl (C=O) groups is 2. The van der Waals surface area contributed by atoms with Gasteiger partial charge in [-0.3, -0.25) is 13.9 Å². The molecule has 0 heterocycles. The first-order chi connectivity index (χ1) is 19.7. The highest BCUT2D eigenvalue weighted by atomic mass is 35.5. The van der Waals surface area contributed by atoms with Crippen LogP contribution in [0, 0.1) is 0 Å². The standard InChI is InChI=1S/C28H32ClN3O8S/c1-37-15-7-14-30-28(34)21-8-5-6-9-22(21)31-27(33)18-32(23-16-19(29)10-12-24(23)38-2)41(35,36)20-11-13-25(39-3)26(17-20)40-4/h5-6,8-13,16-17H,7,14-15,18H2,1-4H3,(H,30,34)(H,31,33). The molecular weight excluding hydrogens is 574 g/mol. The van der Waals surface area contributed by atoms with Gasteiger partial charge in [0.15, 0.2) is 11.5 Å². The van der Waals surface area contributed by atoms with Gasteiger partial charge in [0.05, 0.1) is 43.2 Å². The number of halogens is 1. The minimum atomic E-state index is -4.39. The Morgan fingerprint density at radius 2 is 1.56 bits per heavy atom. The number of hydrogen-bond donors (Lipinski definition) is 2. The fourth-order valence-corrected chi connectivity index (χ4v) is 5.49. The average molecular weight is 606 g/mol. The van der Waals surface area contributed by atoms with Crippen LogP contribution in [0.4, 0.5) is 11.4 Å². The Kier molecular flexibility index (Phi) is 11.2. The van der Waals surface area contributed by atoms with Crippen molar-refractivity contribution in [2.75, 3.05) is 57.8 Å². The minimum Gasteiger partial charge on any atom is -0.495 e. The van der Waals surface area contributed by atoms with Gasteiger partial charge in [0, 0.05) is 31.4 Å². The van der Waals surface area contributed by atoms with Gasteiger partial charge in [-0.05, 0) is 48.9 Å². The summed E-state index contributed by atoms with van der Waals surface area (Å²) in [7, 11) is 1.36. The number of carbonyl (C=O) groups excluding carboxylic acids is 2. The van der Waals surface area contributed by atoms with Crippen LogP contribution in [0.3, 0.4) is 0 Å². The van der Waals surface area contributed by atoms with Crippen LogP contribution in [0.15, 0.2) is 65.6 Å². The van der Waals surface area contributed by atoms with E-state index < -0.39 is 28.4 Å². The fourth-order valence-electron chi connectivity index (χ4n) is 3.89. The Morgan fingerprint density at radius 3 is 2.24 bits per heavy atom. The van der Waals surface area contributed by atoms with Crippen LogP contribution in [0.1, 0.15) is 16.8 Å². The number of hydrogen-bond acceptors (Lipinski definition) is 8. The first kappa shape index (κ1) is 31.5. The maximum Gasteiger partial charge on any atom is 0.265 e. The van der Waals surface area contributed by atoms with Crippen molar-refractivity contribution in [2.24, 2.45) is 0 Å². The molecule has 0 saturated heterocycles. The van der Waals surface area contributed by atoms with Crippen LogP contribution >= 0.6 is 11.6 Å². The molecule has 0 aromatic heterocycles. The first-order valence-corrected chi connectivity index (χ1v) is 14.2. The van der Waals surface area contributed by atoms with Crippen LogP contribution in [-0.2, 0) is 19.6 Å². The van der Waals surface area contributed by atoms with Gasteiger partial charge in [0.25, 0.3) is 15.9 Å². The quantitative estimate of drug-likeness (QED) is 0.264. The lowest BCUT2D eigenvalue weighted by Crippen LogP contribution is -2.38. The summed E-state index contributed by atoms with van der Waals surface area (Å²) in [4.78, 5) is 26.0.